The van der Waals surface area contributed by atoms with Gasteiger partial charge in [0.25, 0.3) is 0 Å². The van der Waals surface area contributed by atoms with Crippen LogP contribution in [-0.4, -0.2) is 35.2 Å². The molecular weight excluding hydrogens is 507 g/mol. The number of aromatic nitrogens is 6. The van der Waals surface area contributed by atoms with Crippen LogP contribution in [0.2, 0.25) is 0 Å². The van der Waals surface area contributed by atoms with E-state index in [0.717, 1.165) is 50.4 Å². The number of benzene rings is 2. The smallest absolute Gasteiger partial charge is 0.138 e. The third-order valence-corrected chi connectivity index (χ3v) is 6.69. The van der Waals surface area contributed by atoms with E-state index < -0.39 is 5.82 Å². The number of ether oxygens (including phenoxy) is 1. The molecule has 0 saturated heterocycles. The van der Waals surface area contributed by atoms with Gasteiger partial charge in [0.05, 0.1) is 29.3 Å². The van der Waals surface area contributed by atoms with Crippen LogP contribution in [0, 0.1) is 5.82 Å². The Morgan fingerprint density at radius 2 is 1.75 bits per heavy atom. The molecule has 0 spiro atoms. The van der Waals surface area contributed by atoms with Crippen LogP contribution in [0.4, 0.5) is 4.39 Å². The molecule has 2 aromatic carbocycles. The molecule has 0 radical (unpaired) electrons. The molecule has 7 aromatic rings. The zero-order valence-corrected chi connectivity index (χ0v) is 21.0. The highest BCUT2D eigenvalue weighted by molar-refractivity contribution is 6.00. The largest absolute Gasteiger partial charge is 0.508 e. The average Bonchev–Trinajstić information content (AvgIpc) is 3.60. The minimum Gasteiger partial charge on any atom is -0.508 e. The summed E-state index contributed by atoms with van der Waals surface area (Å²) in [6.07, 6.45) is 6.81. The summed E-state index contributed by atoms with van der Waals surface area (Å²) in [4.78, 5) is 16.7. The molecule has 0 aliphatic heterocycles. The first-order valence-electron chi connectivity index (χ1n) is 12.5. The molecule has 8 nitrogen and oxygen atoms in total. The predicted octanol–water partition coefficient (Wildman–Crippen LogP) is 6.65. The zero-order valence-electron chi connectivity index (χ0n) is 21.0. The number of nitrogens with zero attached hydrogens (tertiary/aromatic N) is 4. The Labute approximate surface area is 227 Å². The van der Waals surface area contributed by atoms with Crippen LogP contribution in [-0.2, 0) is 6.61 Å². The van der Waals surface area contributed by atoms with Crippen molar-refractivity contribution in [3.05, 3.63) is 109 Å². The topological polar surface area (TPSA) is 113 Å². The number of nitrogens with one attached hydrogen (secondary N) is 2. The van der Waals surface area contributed by atoms with E-state index in [4.69, 9.17) is 4.74 Å². The van der Waals surface area contributed by atoms with Crippen LogP contribution in [0.15, 0.2) is 97.6 Å². The lowest BCUT2D eigenvalue weighted by Crippen LogP contribution is -1.96. The summed E-state index contributed by atoms with van der Waals surface area (Å²) in [5, 5.41) is 19.1. The Morgan fingerprint density at radius 1 is 0.850 bits per heavy atom. The number of aromatic amines is 2. The van der Waals surface area contributed by atoms with Crippen molar-refractivity contribution >= 4 is 21.9 Å². The number of hydrogen-bond acceptors (Lipinski definition) is 6. The van der Waals surface area contributed by atoms with Crippen molar-refractivity contribution in [2.24, 2.45) is 0 Å². The van der Waals surface area contributed by atoms with Crippen LogP contribution < -0.4 is 4.74 Å². The van der Waals surface area contributed by atoms with E-state index in [0.29, 0.717) is 29.3 Å². The van der Waals surface area contributed by atoms with E-state index in [1.807, 2.05) is 48.5 Å². The van der Waals surface area contributed by atoms with Crippen LogP contribution in [0.3, 0.4) is 0 Å². The fourth-order valence-electron chi connectivity index (χ4n) is 4.79. The standard InChI is InChI=1S/C31H21FN6O2/c32-21-8-19(9-22(39)11-21)24-6-7-34-31-25(24)12-28(36-31)30-26-13-27(35-16-29(26)37-38-30)20-10-23(15-33-14-20)40-17-18-4-2-1-3-5-18/h1-16,39H,17H2,(H,34,36)(H,37,38). The SMILES string of the molecule is Oc1cc(F)cc(-c2ccnc3[nH]c(-c4n[nH]c5cnc(-c6cncc(OCc7ccccc7)c6)cc45)cc23)c1. The Morgan fingerprint density at radius 3 is 2.62 bits per heavy atom. The van der Waals surface area contributed by atoms with E-state index in [-0.39, 0.29) is 5.75 Å². The Balaban J connectivity index is 1.25. The van der Waals surface area contributed by atoms with E-state index in [2.05, 4.69) is 30.1 Å². The molecule has 40 heavy (non-hydrogen) atoms. The molecule has 9 heteroatoms. The van der Waals surface area contributed by atoms with Gasteiger partial charge in [0.1, 0.15) is 35.3 Å². The van der Waals surface area contributed by atoms with Gasteiger partial charge in [-0.05, 0) is 53.1 Å². The summed E-state index contributed by atoms with van der Waals surface area (Å²) < 4.78 is 20.0. The van der Waals surface area contributed by atoms with E-state index in [1.54, 1.807) is 30.9 Å². The van der Waals surface area contributed by atoms with Crippen molar-refractivity contribution in [1.29, 1.82) is 0 Å². The lowest BCUT2D eigenvalue weighted by Gasteiger charge is -2.08. The van der Waals surface area contributed by atoms with Crippen LogP contribution in [0.25, 0.3) is 55.7 Å². The van der Waals surface area contributed by atoms with E-state index in [1.165, 1.54) is 12.1 Å². The van der Waals surface area contributed by atoms with Crippen molar-refractivity contribution in [2.45, 2.75) is 6.61 Å². The van der Waals surface area contributed by atoms with Gasteiger partial charge in [-0.1, -0.05) is 30.3 Å². The van der Waals surface area contributed by atoms with Gasteiger partial charge in [-0.15, -0.1) is 0 Å². The molecule has 0 atom stereocenters. The third-order valence-electron chi connectivity index (χ3n) is 6.69. The lowest BCUT2D eigenvalue weighted by molar-refractivity contribution is 0.305. The Hall–Kier alpha value is -5.57. The summed E-state index contributed by atoms with van der Waals surface area (Å²) in [6.45, 7) is 0.440. The fourth-order valence-corrected chi connectivity index (χ4v) is 4.79. The molecule has 0 aliphatic carbocycles. The minimum absolute atomic E-state index is 0.141. The van der Waals surface area contributed by atoms with Gasteiger partial charge < -0.3 is 14.8 Å². The lowest BCUT2D eigenvalue weighted by atomic mass is 10.0. The van der Waals surface area contributed by atoms with Gasteiger partial charge in [0.2, 0.25) is 0 Å². The number of phenols is 1. The zero-order chi connectivity index (χ0) is 27.1. The highest BCUT2D eigenvalue weighted by Gasteiger charge is 2.16. The molecule has 5 heterocycles. The Bertz CT molecular complexity index is 1980. The van der Waals surface area contributed by atoms with Gasteiger partial charge in [-0.2, -0.15) is 5.10 Å². The molecule has 0 amide bonds. The van der Waals surface area contributed by atoms with Crippen molar-refractivity contribution in [3.8, 4) is 45.3 Å². The highest BCUT2D eigenvalue weighted by atomic mass is 19.1. The van der Waals surface area contributed by atoms with E-state index in [9.17, 15) is 9.50 Å². The number of aromatic hydroxyl groups is 1. The highest BCUT2D eigenvalue weighted by Crippen LogP contribution is 2.35. The maximum absolute atomic E-state index is 14.0. The number of phenolic OH excluding ortho intramolecular Hbond substituents is 1. The third kappa shape index (κ3) is 4.39. The number of fused-ring (bicyclic) bond motifs is 2. The predicted molar refractivity (Wildman–Crippen MR) is 150 cm³/mol. The van der Waals surface area contributed by atoms with Crippen molar-refractivity contribution in [1.82, 2.24) is 30.1 Å². The molecule has 7 rings (SSSR count). The number of H-pyrrole nitrogens is 2. The van der Waals surface area contributed by atoms with Crippen molar-refractivity contribution in [3.63, 3.8) is 0 Å². The molecule has 0 unspecified atom stereocenters. The molecule has 5 aromatic heterocycles. The van der Waals surface area contributed by atoms with Crippen LogP contribution >= 0.6 is 0 Å². The second-order valence-electron chi connectivity index (χ2n) is 9.37. The quantitative estimate of drug-likeness (QED) is 0.223. The normalized spacial score (nSPS) is 11.3. The maximum atomic E-state index is 14.0. The van der Waals surface area contributed by atoms with Crippen molar-refractivity contribution < 1.29 is 14.2 Å². The van der Waals surface area contributed by atoms with Gasteiger partial charge >= 0.3 is 0 Å². The molecular formula is C31H21FN6O2. The van der Waals surface area contributed by atoms with Gasteiger partial charge in [-0.3, -0.25) is 15.1 Å². The van der Waals surface area contributed by atoms with Crippen LogP contribution in [0.1, 0.15) is 5.56 Å². The number of pyridine rings is 3. The molecule has 3 N–H and O–H groups in total. The maximum Gasteiger partial charge on any atom is 0.138 e. The monoisotopic (exact) mass is 528 g/mol. The molecule has 0 aliphatic rings. The number of hydrogen-bond donors (Lipinski definition) is 3. The second-order valence-corrected chi connectivity index (χ2v) is 9.37. The van der Waals surface area contributed by atoms with Gasteiger partial charge in [0.15, 0.2) is 0 Å². The molecule has 0 bridgehead atoms. The average molecular weight is 529 g/mol. The first-order valence-corrected chi connectivity index (χ1v) is 12.5. The molecule has 0 fully saturated rings. The van der Waals surface area contributed by atoms with E-state index >= 15 is 0 Å². The van der Waals surface area contributed by atoms with Crippen molar-refractivity contribution in [2.75, 3.05) is 0 Å². The first-order chi connectivity index (χ1) is 19.6. The minimum atomic E-state index is -0.516. The van der Waals surface area contributed by atoms with Crippen LogP contribution in [0.5, 0.6) is 11.5 Å². The molecule has 194 valence electrons. The summed E-state index contributed by atoms with van der Waals surface area (Å²) in [7, 11) is 0. The van der Waals surface area contributed by atoms with Gasteiger partial charge in [0, 0.05) is 34.8 Å². The second kappa shape index (κ2) is 9.63. The summed E-state index contributed by atoms with van der Waals surface area (Å²) in [5.74, 6) is -0.00980. The number of halogens is 1. The fraction of sp³-hybridized carbons (Fsp3) is 0.0323. The summed E-state index contributed by atoms with van der Waals surface area (Å²) >= 11 is 0. The Kier molecular flexibility index (Phi) is 5.67. The number of rotatable bonds is 6. The van der Waals surface area contributed by atoms with Gasteiger partial charge in [-0.25, -0.2) is 9.37 Å². The first kappa shape index (κ1) is 23.5. The molecule has 0 saturated carbocycles. The summed E-state index contributed by atoms with van der Waals surface area (Å²) in [6, 6.07) is 21.5. The summed E-state index contributed by atoms with van der Waals surface area (Å²) in [5.41, 5.74) is 6.70.